The smallest absolute Gasteiger partial charge is 0.409 e. The molecule has 0 aromatic heterocycles. The van der Waals surface area contributed by atoms with E-state index in [1.165, 1.54) is 12.7 Å². The Morgan fingerprint density at radius 2 is 2.11 bits per heavy atom. The molecule has 0 spiro atoms. The van der Waals surface area contributed by atoms with Crippen LogP contribution in [-0.4, -0.2) is 36.5 Å². The van der Waals surface area contributed by atoms with Crippen LogP contribution in [-0.2, 0) is 16.0 Å². The number of hydrogen-bond donors (Lipinski definition) is 0. The van der Waals surface area contributed by atoms with Crippen molar-refractivity contribution in [2.24, 2.45) is 0 Å². The monoisotopic (exact) mass is 261 g/mol. The molecular formula is C15H19NO3. The zero-order chi connectivity index (χ0) is 13.7. The van der Waals surface area contributed by atoms with Crippen LogP contribution in [0.4, 0.5) is 4.79 Å². The highest BCUT2D eigenvalue weighted by molar-refractivity contribution is 5.82. The number of aryl methyl sites for hydroxylation is 1. The average molecular weight is 261 g/mol. The number of hydrogen-bond acceptors (Lipinski definition) is 3. The summed E-state index contributed by atoms with van der Waals surface area (Å²) < 4.78 is 4.78. The zero-order valence-corrected chi connectivity index (χ0v) is 11.2. The molecule has 1 heterocycles. The normalized spacial score (nSPS) is 19.3. The summed E-state index contributed by atoms with van der Waals surface area (Å²) in [6, 6.07) is 10.1. The molecule has 1 aromatic rings. The maximum absolute atomic E-state index is 11.7. The second-order valence-electron chi connectivity index (χ2n) is 4.83. The van der Waals surface area contributed by atoms with Crippen molar-refractivity contribution in [1.82, 2.24) is 4.90 Å². The number of methoxy groups -OCH3 is 1. The van der Waals surface area contributed by atoms with E-state index >= 15 is 0 Å². The third-order valence-corrected chi connectivity index (χ3v) is 3.55. The molecule has 0 aliphatic carbocycles. The Kier molecular flexibility index (Phi) is 4.55. The van der Waals surface area contributed by atoms with Gasteiger partial charge in [-0.3, -0.25) is 4.79 Å². The third kappa shape index (κ3) is 3.56. The van der Waals surface area contributed by atoms with Gasteiger partial charge in [0.25, 0.3) is 0 Å². The zero-order valence-electron chi connectivity index (χ0n) is 11.2. The van der Waals surface area contributed by atoms with Crippen LogP contribution in [0.3, 0.4) is 0 Å². The van der Waals surface area contributed by atoms with E-state index in [2.05, 4.69) is 12.1 Å². The van der Waals surface area contributed by atoms with E-state index in [1.54, 1.807) is 4.90 Å². The lowest BCUT2D eigenvalue weighted by Crippen LogP contribution is -2.46. The van der Waals surface area contributed by atoms with Crippen LogP contribution in [0.5, 0.6) is 0 Å². The highest BCUT2D eigenvalue weighted by Crippen LogP contribution is 2.20. The summed E-state index contributed by atoms with van der Waals surface area (Å²) >= 11 is 0. The molecule has 1 amide bonds. The number of carbonyl (C=O) groups is 2. The Morgan fingerprint density at radius 3 is 2.79 bits per heavy atom. The summed E-state index contributed by atoms with van der Waals surface area (Å²) in [7, 11) is 1.38. The predicted molar refractivity (Wildman–Crippen MR) is 71.9 cm³/mol. The number of likely N-dealkylation sites (tertiary alicyclic amines) is 1. The first-order valence-corrected chi connectivity index (χ1v) is 6.61. The lowest BCUT2D eigenvalue weighted by Gasteiger charge is -2.33. The van der Waals surface area contributed by atoms with Crippen LogP contribution in [0.15, 0.2) is 30.3 Å². The van der Waals surface area contributed by atoms with Crippen LogP contribution >= 0.6 is 0 Å². The van der Waals surface area contributed by atoms with Gasteiger partial charge in [0.2, 0.25) is 0 Å². The minimum Gasteiger partial charge on any atom is -0.453 e. The minimum absolute atomic E-state index is 0.0334. The summed E-state index contributed by atoms with van der Waals surface area (Å²) in [5, 5.41) is 0. The Bertz CT molecular complexity index is 444. The lowest BCUT2D eigenvalue weighted by molar-refractivity contribution is -0.122. The third-order valence-electron chi connectivity index (χ3n) is 3.55. The van der Waals surface area contributed by atoms with Gasteiger partial charge in [-0.1, -0.05) is 30.3 Å². The van der Waals surface area contributed by atoms with Gasteiger partial charge in [0.1, 0.15) is 5.78 Å². The van der Waals surface area contributed by atoms with Crippen molar-refractivity contribution in [2.75, 3.05) is 13.7 Å². The van der Waals surface area contributed by atoms with Crippen LogP contribution in [0.2, 0.25) is 0 Å². The number of rotatable bonds is 3. The molecule has 19 heavy (non-hydrogen) atoms. The Morgan fingerprint density at radius 1 is 1.37 bits per heavy atom. The van der Waals surface area contributed by atoms with Crippen molar-refractivity contribution >= 4 is 11.9 Å². The highest BCUT2D eigenvalue weighted by Gasteiger charge is 2.30. The van der Waals surface area contributed by atoms with Gasteiger partial charge >= 0.3 is 6.09 Å². The molecule has 1 unspecified atom stereocenters. The summed E-state index contributed by atoms with van der Waals surface area (Å²) in [4.78, 5) is 24.9. The van der Waals surface area contributed by atoms with Gasteiger partial charge in [-0.2, -0.15) is 0 Å². The molecule has 102 valence electrons. The molecule has 4 nitrogen and oxygen atoms in total. The van der Waals surface area contributed by atoms with Crippen LogP contribution in [0.1, 0.15) is 24.8 Å². The van der Waals surface area contributed by atoms with Crippen LogP contribution < -0.4 is 0 Å². The van der Waals surface area contributed by atoms with Gasteiger partial charge < -0.3 is 9.64 Å². The van der Waals surface area contributed by atoms with E-state index in [1.807, 2.05) is 18.2 Å². The molecule has 0 N–H and O–H groups in total. The number of Topliss-reactive ketones (excluding diaryl/α,β-unsaturated/α-hetero) is 1. The van der Waals surface area contributed by atoms with Crippen molar-refractivity contribution in [2.45, 2.75) is 31.7 Å². The second-order valence-corrected chi connectivity index (χ2v) is 4.83. The van der Waals surface area contributed by atoms with Gasteiger partial charge in [-0.15, -0.1) is 0 Å². The summed E-state index contributed by atoms with van der Waals surface area (Å²) in [5.74, 6) is 0.234. The van der Waals surface area contributed by atoms with Crippen LogP contribution in [0, 0.1) is 0 Å². The van der Waals surface area contributed by atoms with E-state index in [9.17, 15) is 9.59 Å². The van der Waals surface area contributed by atoms with Gasteiger partial charge in [0.15, 0.2) is 0 Å². The second kappa shape index (κ2) is 6.36. The molecule has 2 rings (SSSR count). The van der Waals surface area contributed by atoms with Crippen molar-refractivity contribution in [3.63, 3.8) is 0 Å². The first kappa shape index (κ1) is 13.6. The van der Waals surface area contributed by atoms with Gasteiger partial charge in [0.05, 0.1) is 7.11 Å². The number of ether oxygens (including phenoxy) is 1. The molecular weight excluding hydrogens is 242 g/mol. The standard InChI is InChI=1S/C15H19NO3/c1-19-15(18)16-10-9-14(17)11-13(16)8-7-12-5-3-2-4-6-12/h2-6,13H,7-11H2,1H3. The molecule has 1 aliphatic rings. The van der Waals surface area contributed by atoms with E-state index in [4.69, 9.17) is 4.74 Å². The molecule has 4 heteroatoms. The SMILES string of the molecule is COC(=O)N1CCC(=O)CC1CCc1ccccc1. The number of ketones is 1. The van der Waals surface area contributed by atoms with E-state index < -0.39 is 0 Å². The van der Waals surface area contributed by atoms with E-state index in [0.29, 0.717) is 19.4 Å². The quantitative estimate of drug-likeness (QED) is 0.839. The average Bonchev–Trinajstić information content (AvgIpc) is 2.45. The number of amides is 1. The van der Waals surface area contributed by atoms with Gasteiger partial charge in [-0.05, 0) is 18.4 Å². The van der Waals surface area contributed by atoms with E-state index in [-0.39, 0.29) is 17.9 Å². The van der Waals surface area contributed by atoms with E-state index in [0.717, 1.165) is 12.8 Å². The van der Waals surface area contributed by atoms with Crippen molar-refractivity contribution in [3.05, 3.63) is 35.9 Å². The largest absolute Gasteiger partial charge is 0.453 e. The maximum atomic E-state index is 11.7. The molecule has 1 aliphatic heterocycles. The van der Waals surface area contributed by atoms with Gasteiger partial charge in [-0.25, -0.2) is 4.79 Å². The molecule has 1 atom stereocenters. The number of nitrogens with zero attached hydrogens (tertiary/aromatic N) is 1. The minimum atomic E-state index is -0.328. The molecule has 0 saturated carbocycles. The maximum Gasteiger partial charge on any atom is 0.409 e. The highest BCUT2D eigenvalue weighted by atomic mass is 16.5. The summed E-state index contributed by atoms with van der Waals surface area (Å²) in [6.07, 6.45) is 2.22. The summed E-state index contributed by atoms with van der Waals surface area (Å²) in [5.41, 5.74) is 1.23. The first-order chi connectivity index (χ1) is 9.20. The Balaban J connectivity index is 1.98. The predicted octanol–water partition coefficient (Wildman–Crippen LogP) is 2.42. The van der Waals surface area contributed by atoms with Crippen LogP contribution in [0.25, 0.3) is 0 Å². The Labute approximate surface area is 113 Å². The number of carbonyl (C=O) groups excluding carboxylic acids is 2. The first-order valence-electron chi connectivity index (χ1n) is 6.61. The Hall–Kier alpha value is -1.84. The molecule has 1 aromatic carbocycles. The lowest BCUT2D eigenvalue weighted by atomic mass is 9.95. The fourth-order valence-corrected chi connectivity index (χ4v) is 2.50. The van der Waals surface area contributed by atoms with Gasteiger partial charge in [0, 0.05) is 25.4 Å². The number of benzene rings is 1. The molecule has 0 radical (unpaired) electrons. The molecule has 1 saturated heterocycles. The fourth-order valence-electron chi connectivity index (χ4n) is 2.50. The van der Waals surface area contributed by atoms with Crippen molar-refractivity contribution in [1.29, 1.82) is 0 Å². The molecule has 0 bridgehead atoms. The van der Waals surface area contributed by atoms with Crippen molar-refractivity contribution < 1.29 is 14.3 Å². The summed E-state index contributed by atoms with van der Waals surface area (Å²) in [6.45, 7) is 0.477. The fraction of sp³-hybridized carbons (Fsp3) is 0.467. The molecule has 1 fully saturated rings. The topological polar surface area (TPSA) is 46.6 Å². The number of piperidine rings is 1. The van der Waals surface area contributed by atoms with Crippen molar-refractivity contribution in [3.8, 4) is 0 Å².